The molecule has 22 heavy (non-hydrogen) atoms. The van der Waals surface area contributed by atoms with Gasteiger partial charge in [-0.25, -0.2) is 0 Å². The third-order valence-corrected chi connectivity index (χ3v) is 5.23. The van der Waals surface area contributed by atoms with Gasteiger partial charge in [0, 0.05) is 38.3 Å². The van der Waals surface area contributed by atoms with E-state index in [9.17, 15) is 9.59 Å². The normalized spacial score (nSPS) is 29.0. The molecule has 0 radical (unpaired) electrons. The first-order valence-electron chi connectivity index (χ1n) is 8.49. The molecule has 0 spiro atoms. The number of nitrogens with one attached hydrogen (secondary N) is 1. The number of hydrogen-bond donors (Lipinski definition) is 1. The molecule has 124 valence electrons. The maximum atomic E-state index is 12.4. The van der Waals surface area contributed by atoms with E-state index in [-0.39, 0.29) is 29.8 Å². The molecular weight excluding hydrogens is 282 g/mol. The number of carbonyl (C=O) groups is 2. The highest BCUT2D eigenvalue weighted by Crippen LogP contribution is 2.25. The molecule has 0 bridgehead atoms. The second-order valence-corrected chi connectivity index (χ2v) is 6.88. The van der Waals surface area contributed by atoms with Crippen LogP contribution in [0.25, 0.3) is 0 Å². The number of ether oxygens (including phenoxy) is 1. The predicted octanol–water partition coefficient (Wildman–Crippen LogP) is 0.224. The van der Waals surface area contributed by atoms with Gasteiger partial charge in [-0.2, -0.15) is 0 Å². The van der Waals surface area contributed by atoms with Gasteiger partial charge in [-0.3, -0.25) is 9.59 Å². The molecule has 0 unspecified atom stereocenters. The molecule has 0 aromatic rings. The van der Waals surface area contributed by atoms with Crippen LogP contribution in [-0.4, -0.2) is 73.6 Å². The second-order valence-electron chi connectivity index (χ2n) is 6.88. The summed E-state index contributed by atoms with van der Waals surface area (Å²) >= 11 is 0. The van der Waals surface area contributed by atoms with Gasteiger partial charge in [0.1, 0.15) is 0 Å². The molecule has 0 aromatic carbocycles. The van der Waals surface area contributed by atoms with Crippen LogP contribution in [0.15, 0.2) is 0 Å². The minimum Gasteiger partial charge on any atom is -0.381 e. The highest BCUT2D eigenvalue weighted by molar-refractivity contribution is 5.89. The van der Waals surface area contributed by atoms with Crippen molar-refractivity contribution >= 4 is 11.8 Å². The average molecular weight is 309 g/mol. The van der Waals surface area contributed by atoms with Gasteiger partial charge >= 0.3 is 0 Å². The molecule has 0 saturated carbocycles. The van der Waals surface area contributed by atoms with E-state index >= 15 is 0 Å². The van der Waals surface area contributed by atoms with Crippen LogP contribution < -0.4 is 5.32 Å². The minimum absolute atomic E-state index is 0.0671. The lowest BCUT2D eigenvalue weighted by atomic mass is 10.0. The van der Waals surface area contributed by atoms with Crippen LogP contribution >= 0.6 is 0 Å². The maximum absolute atomic E-state index is 12.4. The third-order valence-electron chi connectivity index (χ3n) is 5.23. The van der Waals surface area contributed by atoms with E-state index in [1.165, 1.54) is 0 Å². The van der Waals surface area contributed by atoms with Crippen molar-refractivity contribution < 1.29 is 14.3 Å². The zero-order valence-corrected chi connectivity index (χ0v) is 13.4. The van der Waals surface area contributed by atoms with Crippen molar-refractivity contribution in [3.8, 4) is 0 Å². The van der Waals surface area contributed by atoms with Crippen molar-refractivity contribution in [3.05, 3.63) is 0 Å². The Balaban J connectivity index is 1.50. The van der Waals surface area contributed by atoms with Crippen LogP contribution in [0.4, 0.5) is 0 Å². The Morgan fingerprint density at radius 2 is 1.86 bits per heavy atom. The van der Waals surface area contributed by atoms with Gasteiger partial charge in [0.05, 0.1) is 5.92 Å². The Kier molecular flexibility index (Phi) is 4.98. The van der Waals surface area contributed by atoms with E-state index in [1.54, 1.807) is 0 Å². The summed E-state index contributed by atoms with van der Waals surface area (Å²) in [5, 5.41) is 3.16. The van der Waals surface area contributed by atoms with Gasteiger partial charge in [0.25, 0.3) is 0 Å². The third kappa shape index (κ3) is 3.60. The largest absolute Gasteiger partial charge is 0.381 e. The quantitative estimate of drug-likeness (QED) is 0.810. The average Bonchev–Trinajstić information content (AvgIpc) is 2.92. The Morgan fingerprint density at radius 3 is 2.55 bits per heavy atom. The Hall–Kier alpha value is -1.14. The van der Waals surface area contributed by atoms with E-state index in [0.717, 1.165) is 52.0 Å². The Morgan fingerprint density at radius 1 is 1.18 bits per heavy atom. The van der Waals surface area contributed by atoms with Crippen LogP contribution in [-0.2, 0) is 14.3 Å². The van der Waals surface area contributed by atoms with Crippen molar-refractivity contribution in [2.75, 3.05) is 39.9 Å². The van der Waals surface area contributed by atoms with E-state index in [1.807, 2.05) is 4.90 Å². The van der Waals surface area contributed by atoms with Crippen molar-refractivity contribution in [1.82, 2.24) is 15.1 Å². The highest BCUT2D eigenvalue weighted by atomic mass is 16.5. The summed E-state index contributed by atoms with van der Waals surface area (Å²) in [6.45, 7) is 4.09. The standard InChI is InChI=1S/C16H27N3O3/c1-18-6-2-13(3-7-18)17-16(21)12-10-15(20)19(11-12)14-4-8-22-9-5-14/h12-14H,2-11H2,1H3,(H,17,21)/t12-/m0/s1. The van der Waals surface area contributed by atoms with Crippen molar-refractivity contribution in [2.24, 2.45) is 5.92 Å². The first kappa shape index (κ1) is 15.7. The molecule has 2 amide bonds. The van der Waals surface area contributed by atoms with Gasteiger partial charge in [-0.05, 0) is 45.8 Å². The zero-order valence-electron chi connectivity index (χ0n) is 13.4. The molecule has 3 rings (SSSR count). The van der Waals surface area contributed by atoms with Gasteiger partial charge < -0.3 is 19.9 Å². The SMILES string of the molecule is CN1CCC(NC(=O)[C@H]2CC(=O)N(C3CCOCC3)C2)CC1. The molecule has 1 atom stereocenters. The summed E-state index contributed by atoms with van der Waals surface area (Å²) in [5.74, 6) is 0.0305. The van der Waals surface area contributed by atoms with Crippen LogP contribution in [0.5, 0.6) is 0 Å². The topological polar surface area (TPSA) is 61.9 Å². The highest BCUT2D eigenvalue weighted by Gasteiger charge is 2.38. The van der Waals surface area contributed by atoms with Gasteiger partial charge in [-0.15, -0.1) is 0 Å². The monoisotopic (exact) mass is 309 g/mol. The van der Waals surface area contributed by atoms with Gasteiger partial charge in [0.15, 0.2) is 0 Å². The number of piperidine rings is 1. The van der Waals surface area contributed by atoms with Crippen LogP contribution in [0.1, 0.15) is 32.1 Å². The molecule has 0 aliphatic carbocycles. The zero-order chi connectivity index (χ0) is 15.5. The summed E-state index contributed by atoms with van der Waals surface area (Å²) in [6.07, 6.45) is 4.18. The number of nitrogens with zero attached hydrogens (tertiary/aromatic N) is 2. The molecule has 3 aliphatic heterocycles. The smallest absolute Gasteiger partial charge is 0.225 e. The number of likely N-dealkylation sites (tertiary alicyclic amines) is 2. The summed E-state index contributed by atoms with van der Waals surface area (Å²) in [6, 6.07) is 0.540. The summed E-state index contributed by atoms with van der Waals surface area (Å²) in [7, 11) is 2.11. The molecule has 3 fully saturated rings. The van der Waals surface area contributed by atoms with E-state index in [4.69, 9.17) is 4.74 Å². The van der Waals surface area contributed by atoms with E-state index in [0.29, 0.717) is 13.0 Å². The molecule has 3 saturated heterocycles. The Labute approximate surface area is 132 Å². The first-order chi connectivity index (χ1) is 10.6. The number of hydrogen-bond acceptors (Lipinski definition) is 4. The summed E-state index contributed by atoms with van der Waals surface area (Å²) in [5.41, 5.74) is 0. The molecule has 3 aliphatic rings. The van der Waals surface area contributed by atoms with Gasteiger partial charge in [0.2, 0.25) is 11.8 Å². The second kappa shape index (κ2) is 6.96. The fourth-order valence-electron chi connectivity index (χ4n) is 3.73. The lowest BCUT2D eigenvalue weighted by Crippen LogP contribution is -2.46. The fraction of sp³-hybridized carbons (Fsp3) is 0.875. The predicted molar refractivity (Wildman–Crippen MR) is 82.3 cm³/mol. The molecular formula is C16H27N3O3. The molecule has 0 aromatic heterocycles. The van der Waals surface area contributed by atoms with Crippen LogP contribution in [0.3, 0.4) is 0 Å². The lowest BCUT2D eigenvalue weighted by Gasteiger charge is -2.32. The molecule has 6 nitrogen and oxygen atoms in total. The molecule has 3 heterocycles. The van der Waals surface area contributed by atoms with E-state index in [2.05, 4.69) is 17.3 Å². The molecule has 6 heteroatoms. The molecule has 1 N–H and O–H groups in total. The number of carbonyl (C=O) groups excluding carboxylic acids is 2. The van der Waals surface area contributed by atoms with Crippen LogP contribution in [0.2, 0.25) is 0 Å². The first-order valence-corrected chi connectivity index (χ1v) is 8.49. The summed E-state index contributed by atoms with van der Waals surface area (Å²) < 4.78 is 5.36. The summed E-state index contributed by atoms with van der Waals surface area (Å²) in [4.78, 5) is 28.9. The number of rotatable bonds is 3. The van der Waals surface area contributed by atoms with Crippen molar-refractivity contribution in [1.29, 1.82) is 0 Å². The Bertz CT molecular complexity index is 415. The fourth-order valence-corrected chi connectivity index (χ4v) is 3.73. The van der Waals surface area contributed by atoms with E-state index < -0.39 is 0 Å². The van der Waals surface area contributed by atoms with Crippen molar-refractivity contribution in [3.63, 3.8) is 0 Å². The van der Waals surface area contributed by atoms with Crippen LogP contribution in [0, 0.1) is 5.92 Å². The number of amides is 2. The lowest BCUT2D eigenvalue weighted by molar-refractivity contribution is -0.131. The maximum Gasteiger partial charge on any atom is 0.225 e. The van der Waals surface area contributed by atoms with Crippen molar-refractivity contribution in [2.45, 2.75) is 44.2 Å². The minimum atomic E-state index is -0.171. The van der Waals surface area contributed by atoms with Gasteiger partial charge in [-0.1, -0.05) is 0 Å².